The second-order valence-corrected chi connectivity index (χ2v) is 5.26. The minimum Gasteiger partial charge on any atom is -0.466 e. The third-order valence-electron chi connectivity index (χ3n) is 3.98. The Morgan fingerprint density at radius 2 is 1.68 bits per heavy atom. The molecule has 1 aliphatic rings. The van der Waals surface area contributed by atoms with Crippen molar-refractivity contribution in [2.45, 2.75) is 18.4 Å². The number of nitrogens with zero attached hydrogens (tertiary/aromatic N) is 1. The van der Waals surface area contributed by atoms with Crippen LogP contribution in [-0.2, 0) is 20.0 Å². The van der Waals surface area contributed by atoms with Gasteiger partial charge in [0, 0.05) is 5.56 Å². The van der Waals surface area contributed by atoms with E-state index >= 15 is 0 Å². The van der Waals surface area contributed by atoms with Crippen LogP contribution < -0.4 is 0 Å². The predicted octanol–water partition coefficient (Wildman–Crippen LogP) is 3.24. The van der Waals surface area contributed by atoms with Gasteiger partial charge in [-0.15, -0.1) is 0 Å². The molecule has 0 fully saturated rings. The molecule has 0 radical (unpaired) electrons. The topological polar surface area (TPSA) is 47.9 Å². The fourth-order valence-electron chi connectivity index (χ4n) is 2.99. The van der Waals surface area contributed by atoms with Gasteiger partial charge in [0.25, 0.3) is 5.60 Å². The van der Waals surface area contributed by atoms with E-state index in [-0.39, 0.29) is 5.92 Å². The summed E-state index contributed by atoms with van der Waals surface area (Å²) in [6.07, 6.45) is 0. The lowest BCUT2D eigenvalue weighted by Crippen LogP contribution is -2.43. The van der Waals surface area contributed by atoms with Crippen molar-refractivity contribution in [3.63, 3.8) is 0 Å². The number of oxime groups is 1. The molecule has 0 saturated heterocycles. The van der Waals surface area contributed by atoms with Gasteiger partial charge in [-0.1, -0.05) is 65.8 Å². The molecule has 3 rings (SSSR count). The highest BCUT2D eigenvalue weighted by atomic mass is 16.7. The SMILES string of the molecule is COC(=O)[C@]1(c2ccccc2)ON=C(C)C1c1ccccc1. The minimum absolute atomic E-state index is 0.316. The van der Waals surface area contributed by atoms with E-state index in [1.54, 1.807) is 0 Å². The summed E-state index contributed by atoms with van der Waals surface area (Å²) in [6.45, 7) is 1.87. The molecule has 1 unspecified atom stereocenters. The number of carbonyl (C=O) groups excluding carboxylic acids is 1. The highest BCUT2D eigenvalue weighted by molar-refractivity contribution is 5.99. The number of rotatable bonds is 3. The van der Waals surface area contributed by atoms with E-state index in [1.165, 1.54) is 7.11 Å². The third kappa shape index (κ3) is 2.08. The molecule has 0 amide bonds. The van der Waals surface area contributed by atoms with E-state index < -0.39 is 11.6 Å². The molecule has 0 saturated carbocycles. The average Bonchev–Trinajstić information content (AvgIpc) is 2.94. The number of ether oxygens (including phenoxy) is 1. The van der Waals surface area contributed by atoms with Crippen LogP contribution >= 0.6 is 0 Å². The van der Waals surface area contributed by atoms with Crippen molar-refractivity contribution in [3.05, 3.63) is 71.8 Å². The van der Waals surface area contributed by atoms with E-state index in [1.807, 2.05) is 67.6 Å². The summed E-state index contributed by atoms with van der Waals surface area (Å²) in [5.41, 5.74) is 1.17. The Labute approximate surface area is 129 Å². The first-order valence-electron chi connectivity index (χ1n) is 7.11. The molecule has 1 aliphatic heterocycles. The van der Waals surface area contributed by atoms with E-state index in [4.69, 9.17) is 9.57 Å². The Hall–Kier alpha value is -2.62. The average molecular weight is 295 g/mol. The Morgan fingerprint density at radius 3 is 2.27 bits per heavy atom. The molecule has 0 N–H and O–H groups in total. The van der Waals surface area contributed by atoms with Crippen LogP contribution in [0.2, 0.25) is 0 Å². The van der Waals surface area contributed by atoms with Gasteiger partial charge in [0.2, 0.25) is 0 Å². The molecule has 22 heavy (non-hydrogen) atoms. The lowest BCUT2D eigenvalue weighted by atomic mass is 9.75. The number of methoxy groups -OCH3 is 1. The van der Waals surface area contributed by atoms with Crippen LogP contribution in [-0.4, -0.2) is 18.8 Å². The molecule has 2 aromatic carbocycles. The van der Waals surface area contributed by atoms with Crippen LogP contribution in [0.1, 0.15) is 24.0 Å². The summed E-state index contributed by atoms with van der Waals surface area (Å²) >= 11 is 0. The molecule has 0 aromatic heterocycles. The van der Waals surface area contributed by atoms with E-state index in [2.05, 4.69) is 5.16 Å². The van der Waals surface area contributed by atoms with Gasteiger partial charge in [-0.25, -0.2) is 4.79 Å². The summed E-state index contributed by atoms with van der Waals surface area (Å²) < 4.78 is 5.05. The Kier molecular flexibility index (Phi) is 3.67. The van der Waals surface area contributed by atoms with Crippen LogP contribution in [0.25, 0.3) is 0 Å². The fourth-order valence-corrected chi connectivity index (χ4v) is 2.99. The molecule has 112 valence electrons. The van der Waals surface area contributed by atoms with Crippen LogP contribution in [0.15, 0.2) is 65.8 Å². The molecule has 2 atom stereocenters. The highest BCUT2D eigenvalue weighted by Gasteiger charge is 2.57. The van der Waals surface area contributed by atoms with Gasteiger partial charge in [0.05, 0.1) is 18.7 Å². The molecular weight excluding hydrogens is 278 g/mol. The Bertz CT molecular complexity index is 697. The fraction of sp³-hybridized carbons (Fsp3) is 0.222. The molecular formula is C18H17NO3. The third-order valence-corrected chi connectivity index (χ3v) is 3.98. The molecule has 0 spiro atoms. The molecule has 2 aromatic rings. The maximum atomic E-state index is 12.6. The van der Waals surface area contributed by atoms with Crippen molar-refractivity contribution in [1.29, 1.82) is 0 Å². The number of hydrogen-bond donors (Lipinski definition) is 0. The molecule has 4 heteroatoms. The smallest absolute Gasteiger partial charge is 0.359 e. The van der Waals surface area contributed by atoms with Crippen LogP contribution in [0.3, 0.4) is 0 Å². The summed E-state index contributed by atoms with van der Waals surface area (Å²) in [4.78, 5) is 18.3. The number of carbonyl (C=O) groups is 1. The second kappa shape index (κ2) is 5.64. The van der Waals surface area contributed by atoms with Gasteiger partial charge in [0.15, 0.2) is 0 Å². The summed E-state index contributed by atoms with van der Waals surface area (Å²) in [7, 11) is 1.37. The molecule has 0 bridgehead atoms. The second-order valence-electron chi connectivity index (χ2n) is 5.26. The number of benzene rings is 2. The minimum atomic E-state index is -1.28. The van der Waals surface area contributed by atoms with E-state index in [0.29, 0.717) is 0 Å². The quantitative estimate of drug-likeness (QED) is 0.817. The van der Waals surface area contributed by atoms with E-state index in [0.717, 1.165) is 16.8 Å². The normalized spacial score (nSPS) is 23.5. The van der Waals surface area contributed by atoms with Crippen molar-refractivity contribution < 1.29 is 14.4 Å². The first kappa shape index (κ1) is 14.3. The van der Waals surface area contributed by atoms with Crippen molar-refractivity contribution >= 4 is 11.7 Å². The zero-order valence-corrected chi connectivity index (χ0v) is 12.5. The van der Waals surface area contributed by atoms with Gasteiger partial charge in [-0.3, -0.25) is 0 Å². The summed E-state index contributed by atoms with van der Waals surface area (Å²) in [5, 5.41) is 4.11. The first-order valence-corrected chi connectivity index (χ1v) is 7.11. The zero-order chi connectivity index (χ0) is 15.6. The maximum absolute atomic E-state index is 12.6. The van der Waals surface area contributed by atoms with Crippen molar-refractivity contribution in [1.82, 2.24) is 0 Å². The van der Waals surface area contributed by atoms with Crippen molar-refractivity contribution in [3.8, 4) is 0 Å². The van der Waals surface area contributed by atoms with Gasteiger partial charge in [0.1, 0.15) is 0 Å². The van der Waals surface area contributed by atoms with Gasteiger partial charge in [-0.2, -0.15) is 0 Å². The largest absolute Gasteiger partial charge is 0.466 e. The maximum Gasteiger partial charge on any atom is 0.359 e. The first-order chi connectivity index (χ1) is 10.7. The number of esters is 1. The lowest BCUT2D eigenvalue weighted by Gasteiger charge is -2.30. The zero-order valence-electron chi connectivity index (χ0n) is 12.5. The lowest BCUT2D eigenvalue weighted by molar-refractivity contribution is -0.169. The monoisotopic (exact) mass is 295 g/mol. The Balaban J connectivity index is 2.20. The van der Waals surface area contributed by atoms with Gasteiger partial charge < -0.3 is 9.57 Å². The van der Waals surface area contributed by atoms with Crippen LogP contribution in [0.5, 0.6) is 0 Å². The predicted molar refractivity (Wildman–Crippen MR) is 83.5 cm³/mol. The van der Waals surface area contributed by atoms with Gasteiger partial charge >= 0.3 is 5.97 Å². The standard InChI is InChI=1S/C18H17NO3/c1-13-16(14-9-5-3-6-10-14)18(22-19-13,17(20)21-2)15-11-7-4-8-12-15/h3-12,16H,1-2H3/t16?,18-/m1/s1. The van der Waals surface area contributed by atoms with Crippen LogP contribution in [0.4, 0.5) is 0 Å². The molecule has 4 nitrogen and oxygen atoms in total. The molecule has 1 heterocycles. The van der Waals surface area contributed by atoms with Gasteiger partial charge in [-0.05, 0) is 12.5 Å². The number of hydrogen-bond acceptors (Lipinski definition) is 4. The summed E-state index contributed by atoms with van der Waals surface area (Å²) in [6, 6.07) is 19.1. The Morgan fingerprint density at radius 1 is 1.09 bits per heavy atom. The van der Waals surface area contributed by atoms with Crippen molar-refractivity contribution in [2.75, 3.05) is 7.11 Å². The molecule has 0 aliphatic carbocycles. The summed E-state index contributed by atoms with van der Waals surface area (Å²) in [5.74, 6) is -0.767. The van der Waals surface area contributed by atoms with Crippen molar-refractivity contribution in [2.24, 2.45) is 5.16 Å². The van der Waals surface area contributed by atoms with E-state index in [9.17, 15) is 4.79 Å². The highest BCUT2D eigenvalue weighted by Crippen LogP contribution is 2.46. The van der Waals surface area contributed by atoms with Crippen LogP contribution in [0, 0.1) is 0 Å².